The minimum Gasteiger partial charge on any atom is -0.396 e. The summed E-state index contributed by atoms with van der Waals surface area (Å²) in [6.45, 7) is 0.622. The normalized spacial score (nSPS) is 26.7. The molecule has 0 aliphatic carbocycles. The Bertz CT molecular complexity index is 1420. The molecule has 3 aromatic rings. The molecule has 3 heterocycles. The summed E-state index contributed by atoms with van der Waals surface area (Å²) in [5.41, 5.74) is 1.42. The van der Waals surface area contributed by atoms with E-state index in [-0.39, 0.29) is 29.6 Å². The Morgan fingerprint density at radius 3 is 2.40 bits per heavy atom. The summed E-state index contributed by atoms with van der Waals surface area (Å²) in [6, 6.07) is 22.6. The third kappa shape index (κ3) is 4.77. The Hall–Kier alpha value is -3.36. The number of rotatable bonds is 10. The van der Waals surface area contributed by atoms with Crippen LogP contribution in [0.25, 0.3) is 10.8 Å². The molecule has 8 heteroatoms. The van der Waals surface area contributed by atoms with E-state index in [0.717, 1.165) is 49.3 Å². The van der Waals surface area contributed by atoms with E-state index in [9.17, 15) is 14.4 Å². The van der Waals surface area contributed by atoms with Crippen LogP contribution in [-0.2, 0) is 14.4 Å². The number of hydrogen-bond acceptors (Lipinski definition) is 5. The lowest BCUT2D eigenvalue weighted by Crippen LogP contribution is -2.51. The number of carbonyl (C=O) groups is 3. The zero-order chi connectivity index (χ0) is 27.7. The van der Waals surface area contributed by atoms with Crippen LogP contribution in [0, 0.1) is 11.8 Å². The van der Waals surface area contributed by atoms with Gasteiger partial charge in [-0.05, 0) is 60.7 Å². The van der Waals surface area contributed by atoms with Crippen LogP contribution in [0.2, 0.25) is 0 Å². The first-order valence-electron chi connectivity index (χ1n) is 14.3. The number of thioether (sulfide) groups is 1. The van der Waals surface area contributed by atoms with Gasteiger partial charge in [-0.3, -0.25) is 14.4 Å². The zero-order valence-electron chi connectivity index (χ0n) is 22.4. The van der Waals surface area contributed by atoms with E-state index in [2.05, 4.69) is 10.6 Å². The first-order chi connectivity index (χ1) is 19.5. The summed E-state index contributed by atoms with van der Waals surface area (Å²) >= 11 is 1.68. The Balaban J connectivity index is 1.28. The molecular formula is C32H35N3O4S. The van der Waals surface area contributed by atoms with Crippen LogP contribution in [0.1, 0.15) is 38.5 Å². The highest BCUT2D eigenvalue weighted by atomic mass is 32.2. The second-order valence-electron chi connectivity index (χ2n) is 11.1. The van der Waals surface area contributed by atoms with Gasteiger partial charge in [0, 0.05) is 29.8 Å². The van der Waals surface area contributed by atoms with Gasteiger partial charge >= 0.3 is 0 Å². The highest BCUT2D eigenvalue weighted by Gasteiger charge is 2.73. The van der Waals surface area contributed by atoms with E-state index < -0.39 is 22.6 Å². The van der Waals surface area contributed by atoms with Crippen LogP contribution in [0.3, 0.4) is 0 Å². The van der Waals surface area contributed by atoms with Crippen molar-refractivity contribution in [3.05, 3.63) is 72.8 Å². The third-order valence-corrected chi connectivity index (χ3v) is 10.7. The standard InChI is InChI=1S/C32H35N3O4S/c36-19-9-2-1-8-18-35-28(30(38)34-24-15-14-21-10-6-7-11-22(21)20-24)32-17-16-25(40-32)26(27(32)31(35)39)29(37)33-23-12-4-3-5-13-23/h3-7,10-15,20,25-28,36H,1-2,8-9,16-19H2,(H,33,37)(H,34,38)/t25-,26+,27-,28?,32?/m0/s1. The minimum absolute atomic E-state index is 0.0142. The van der Waals surface area contributed by atoms with Crippen molar-refractivity contribution < 1.29 is 19.5 Å². The highest BCUT2D eigenvalue weighted by Crippen LogP contribution is 2.66. The number of fused-ring (bicyclic) bond motifs is 2. The summed E-state index contributed by atoms with van der Waals surface area (Å²) in [5, 5.41) is 17.5. The molecule has 5 atom stereocenters. The Morgan fingerprint density at radius 2 is 1.60 bits per heavy atom. The lowest BCUT2D eigenvalue weighted by molar-refractivity contribution is -0.138. The molecule has 3 aliphatic rings. The molecule has 0 aromatic heterocycles. The summed E-state index contributed by atoms with van der Waals surface area (Å²) in [4.78, 5) is 43.6. The molecule has 7 nitrogen and oxygen atoms in total. The largest absolute Gasteiger partial charge is 0.396 e. The predicted molar refractivity (Wildman–Crippen MR) is 159 cm³/mol. The van der Waals surface area contributed by atoms with Crippen LogP contribution >= 0.6 is 11.8 Å². The van der Waals surface area contributed by atoms with E-state index in [1.807, 2.05) is 72.8 Å². The van der Waals surface area contributed by atoms with Crippen molar-refractivity contribution in [2.24, 2.45) is 11.8 Å². The molecule has 3 saturated heterocycles. The lowest BCUT2D eigenvalue weighted by Gasteiger charge is -2.34. The Morgan fingerprint density at radius 1 is 0.875 bits per heavy atom. The van der Waals surface area contributed by atoms with Crippen LogP contribution < -0.4 is 10.6 Å². The van der Waals surface area contributed by atoms with Gasteiger partial charge in [-0.15, -0.1) is 11.8 Å². The molecule has 3 aliphatic heterocycles. The van der Waals surface area contributed by atoms with Crippen molar-refractivity contribution in [1.82, 2.24) is 4.90 Å². The van der Waals surface area contributed by atoms with Gasteiger partial charge in [0.25, 0.3) is 0 Å². The van der Waals surface area contributed by atoms with Crippen molar-refractivity contribution in [1.29, 1.82) is 0 Å². The smallest absolute Gasteiger partial charge is 0.248 e. The minimum atomic E-state index is -0.640. The summed E-state index contributed by atoms with van der Waals surface area (Å²) in [6.07, 6.45) is 4.78. The number of likely N-dealkylation sites (tertiary alicyclic amines) is 1. The molecule has 0 radical (unpaired) electrons. The molecule has 0 saturated carbocycles. The second kappa shape index (κ2) is 11.3. The average Bonchev–Trinajstić information content (AvgIpc) is 3.61. The van der Waals surface area contributed by atoms with E-state index in [1.165, 1.54) is 0 Å². The van der Waals surface area contributed by atoms with E-state index in [4.69, 9.17) is 5.11 Å². The van der Waals surface area contributed by atoms with Crippen molar-refractivity contribution in [2.75, 3.05) is 23.8 Å². The number of hydrogen-bond donors (Lipinski definition) is 3. The quantitative estimate of drug-likeness (QED) is 0.303. The van der Waals surface area contributed by atoms with Crippen LogP contribution in [0.15, 0.2) is 72.8 Å². The zero-order valence-corrected chi connectivity index (χ0v) is 23.2. The SMILES string of the molecule is O=C(Nc1ccc2ccccc2c1)C1N(CCCCCCO)C(=O)[C@@H]2[C@H](C(=O)Nc3ccccc3)[C@@H]3CCC12S3. The van der Waals surface area contributed by atoms with E-state index in [1.54, 1.807) is 16.7 Å². The molecule has 3 amide bonds. The van der Waals surface area contributed by atoms with Gasteiger partial charge in [-0.25, -0.2) is 0 Å². The maximum atomic E-state index is 14.1. The lowest BCUT2D eigenvalue weighted by atomic mass is 9.70. The van der Waals surface area contributed by atoms with E-state index in [0.29, 0.717) is 17.9 Å². The summed E-state index contributed by atoms with van der Waals surface area (Å²) in [5.74, 6) is -1.39. The molecule has 3 aromatic carbocycles. The monoisotopic (exact) mass is 557 g/mol. The van der Waals surface area contributed by atoms with Crippen molar-refractivity contribution in [3.8, 4) is 0 Å². The molecule has 2 bridgehead atoms. The Labute approximate surface area is 238 Å². The number of anilines is 2. The van der Waals surface area contributed by atoms with Crippen molar-refractivity contribution >= 4 is 51.6 Å². The topological polar surface area (TPSA) is 98.7 Å². The summed E-state index contributed by atoms with van der Waals surface area (Å²) < 4.78 is -0.619. The molecular weight excluding hydrogens is 522 g/mol. The van der Waals surface area contributed by atoms with Crippen molar-refractivity contribution in [2.45, 2.75) is 54.6 Å². The number of amides is 3. The van der Waals surface area contributed by atoms with Gasteiger partial charge in [-0.1, -0.05) is 61.4 Å². The fraction of sp³-hybridized carbons (Fsp3) is 0.406. The fourth-order valence-corrected chi connectivity index (χ4v) is 9.19. The molecule has 2 unspecified atom stereocenters. The number of aliphatic hydroxyl groups excluding tert-OH is 1. The number of benzene rings is 3. The number of carbonyl (C=O) groups excluding carboxylic acids is 3. The molecule has 208 valence electrons. The molecule has 3 fully saturated rings. The van der Waals surface area contributed by atoms with Crippen molar-refractivity contribution in [3.63, 3.8) is 0 Å². The third-order valence-electron chi connectivity index (χ3n) is 8.72. The molecule has 40 heavy (non-hydrogen) atoms. The highest BCUT2D eigenvalue weighted by molar-refractivity contribution is 8.02. The molecule has 6 rings (SSSR count). The average molecular weight is 558 g/mol. The predicted octanol–water partition coefficient (Wildman–Crippen LogP) is 5.06. The number of aliphatic hydroxyl groups is 1. The molecule has 1 spiro atoms. The summed E-state index contributed by atoms with van der Waals surface area (Å²) in [7, 11) is 0. The van der Waals surface area contributed by atoms with Gasteiger partial charge in [0.15, 0.2) is 0 Å². The Kier molecular flexibility index (Phi) is 7.55. The second-order valence-corrected chi connectivity index (χ2v) is 12.7. The first kappa shape index (κ1) is 26.8. The van der Waals surface area contributed by atoms with Gasteiger partial charge in [0.05, 0.1) is 16.6 Å². The fourth-order valence-electron chi connectivity index (χ4n) is 6.97. The number of unbranched alkanes of at least 4 members (excludes halogenated alkanes) is 3. The number of nitrogens with zero attached hydrogens (tertiary/aromatic N) is 1. The van der Waals surface area contributed by atoms with Gasteiger partial charge in [-0.2, -0.15) is 0 Å². The molecule has 3 N–H and O–H groups in total. The number of nitrogens with one attached hydrogen (secondary N) is 2. The van der Waals surface area contributed by atoms with Gasteiger partial charge < -0.3 is 20.6 Å². The van der Waals surface area contributed by atoms with Crippen LogP contribution in [0.4, 0.5) is 11.4 Å². The maximum absolute atomic E-state index is 14.1. The van der Waals surface area contributed by atoms with Gasteiger partial charge in [0.2, 0.25) is 17.7 Å². The maximum Gasteiger partial charge on any atom is 0.248 e. The number of para-hydroxylation sites is 1. The van der Waals surface area contributed by atoms with E-state index >= 15 is 0 Å². The van der Waals surface area contributed by atoms with Crippen LogP contribution in [0.5, 0.6) is 0 Å². The van der Waals surface area contributed by atoms with Gasteiger partial charge in [0.1, 0.15) is 6.04 Å². The first-order valence-corrected chi connectivity index (χ1v) is 15.1. The van der Waals surface area contributed by atoms with Crippen LogP contribution in [-0.4, -0.2) is 56.9 Å².